The number of aromatic hydroxyl groups is 1. The SMILES string of the molecule is CCC[C@@H](c1ccc(O)c2ccccc12)N1CCNCC1.Cl.Cl. The van der Waals surface area contributed by atoms with E-state index in [9.17, 15) is 5.11 Å². The summed E-state index contributed by atoms with van der Waals surface area (Å²) in [7, 11) is 0. The second-order valence-electron chi connectivity index (χ2n) is 5.81. The van der Waals surface area contributed by atoms with E-state index in [2.05, 4.69) is 35.3 Å². The van der Waals surface area contributed by atoms with Gasteiger partial charge in [-0.15, -0.1) is 24.8 Å². The third-order valence-electron chi connectivity index (χ3n) is 4.45. The molecule has 2 N–H and O–H groups in total. The van der Waals surface area contributed by atoms with Gasteiger partial charge in [0.15, 0.2) is 0 Å². The van der Waals surface area contributed by atoms with Gasteiger partial charge in [0.05, 0.1) is 0 Å². The Morgan fingerprint density at radius 1 is 1.04 bits per heavy atom. The molecule has 0 bridgehead atoms. The number of nitrogens with zero attached hydrogens (tertiary/aromatic N) is 1. The molecule has 128 valence electrons. The van der Waals surface area contributed by atoms with Crippen LogP contribution in [-0.4, -0.2) is 36.2 Å². The van der Waals surface area contributed by atoms with E-state index in [-0.39, 0.29) is 24.8 Å². The van der Waals surface area contributed by atoms with Crippen molar-refractivity contribution in [1.82, 2.24) is 10.2 Å². The predicted octanol–water partition coefficient (Wildman–Crippen LogP) is 4.14. The summed E-state index contributed by atoms with van der Waals surface area (Å²) in [6, 6.07) is 12.6. The van der Waals surface area contributed by atoms with Crippen LogP contribution in [0.2, 0.25) is 0 Å². The maximum absolute atomic E-state index is 10.1. The summed E-state index contributed by atoms with van der Waals surface area (Å²) < 4.78 is 0. The quantitative estimate of drug-likeness (QED) is 0.864. The Morgan fingerprint density at radius 3 is 2.35 bits per heavy atom. The van der Waals surface area contributed by atoms with E-state index < -0.39 is 0 Å². The molecule has 0 aromatic heterocycles. The second kappa shape index (κ2) is 9.33. The topological polar surface area (TPSA) is 35.5 Å². The molecule has 1 aliphatic heterocycles. The van der Waals surface area contributed by atoms with Crippen LogP contribution in [0.4, 0.5) is 0 Å². The lowest BCUT2D eigenvalue weighted by molar-refractivity contribution is 0.165. The molecule has 3 rings (SSSR count). The number of rotatable bonds is 4. The van der Waals surface area contributed by atoms with Crippen molar-refractivity contribution in [3.05, 3.63) is 42.0 Å². The van der Waals surface area contributed by atoms with E-state index >= 15 is 0 Å². The Kier molecular flexibility index (Phi) is 8.13. The van der Waals surface area contributed by atoms with E-state index in [1.807, 2.05) is 18.2 Å². The third kappa shape index (κ3) is 4.30. The summed E-state index contributed by atoms with van der Waals surface area (Å²) in [4.78, 5) is 2.58. The molecule has 23 heavy (non-hydrogen) atoms. The second-order valence-corrected chi connectivity index (χ2v) is 5.81. The van der Waals surface area contributed by atoms with Gasteiger partial charge in [-0.05, 0) is 23.4 Å². The number of halogens is 2. The van der Waals surface area contributed by atoms with Gasteiger partial charge < -0.3 is 10.4 Å². The molecule has 2 aromatic rings. The van der Waals surface area contributed by atoms with Gasteiger partial charge in [0.25, 0.3) is 0 Å². The first-order valence-electron chi connectivity index (χ1n) is 7.96. The van der Waals surface area contributed by atoms with Crippen LogP contribution in [0.1, 0.15) is 31.4 Å². The average molecular weight is 357 g/mol. The zero-order valence-corrected chi connectivity index (χ0v) is 15.1. The molecule has 1 atom stereocenters. The lowest BCUT2D eigenvalue weighted by Crippen LogP contribution is -2.45. The van der Waals surface area contributed by atoms with Crippen molar-refractivity contribution in [2.24, 2.45) is 0 Å². The number of hydrogen-bond donors (Lipinski definition) is 2. The number of nitrogens with one attached hydrogen (secondary N) is 1. The van der Waals surface area contributed by atoms with Crippen molar-refractivity contribution >= 4 is 35.6 Å². The minimum Gasteiger partial charge on any atom is -0.507 e. The summed E-state index contributed by atoms with van der Waals surface area (Å²) in [5.41, 5.74) is 1.35. The first-order chi connectivity index (χ1) is 10.3. The first-order valence-corrected chi connectivity index (χ1v) is 7.96. The zero-order valence-electron chi connectivity index (χ0n) is 13.5. The van der Waals surface area contributed by atoms with Crippen molar-refractivity contribution in [2.45, 2.75) is 25.8 Å². The Morgan fingerprint density at radius 2 is 1.70 bits per heavy atom. The van der Waals surface area contributed by atoms with Gasteiger partial charge >= 0.3 is 0 Å². The van der Waals surface area contributed by atoms with E-state index in [0.29, 0.717) is 11.8 Å². The van der Waals surface area contributed by atoms with Gasteiger partial charge in [0.1, 0.15) is 5.75 Å². The zero-order chi connectivity index (χ0) is 14.7. The highest BCUT2D eigenvalue weighted by Gasteiger charge is 2.23. The highest BCUT2D eigenvalue weighted by molar-refractivity contribution is 5.91. The van der Waals surface area contributed by atoms with Crippen LogP contribution < -0.4 is 5.32 Å². The Hall–Kier alpha value is -1.000. The maximum Gasteiger partial charge on any atom is 0.123 e. The van der Waals surface area contributed by atoms with Crippen molar-refractivity contribution in [2.75, 3.05) is 26.2 Å². The third-order valence-corrected chi connectivity index (χ3v) is 4.45. The number of phenolic OH excluding ortho intramolecular Hbond substituents is 1. The van der Waals surface area contributed by atoms with Crippen LogP contribution in [-0.2, 0) is 0 Å². The molecule has 5 heteroatoms. The molecule has 1 fully saturated rings. The average Bonchev–Trinajstić information content (AvgIpc) is 2.55. The fourth-order valence-electron chi connectivity index (χ4n) is 3.40. The predicted molar refractivity (Wildman–Crippen MR) is 102 cm³/mol. The minimum atomic E-state index is 0. The molecule has 0 amide bonds. The molecule has 1 saturated heterocycles. The van der Waals surface area contributed by atoms with Crippen LogP contribution in [0.5, 0.6) is 5.75 Å². The van der Waals surface area contributed by atoms with Crippen molar-refractivity contribution in [3.8, 4) is 5.75 Å². The molecule has 0 spiro atoms. The van der Waals surface area contributed by atoms with Crippen LogP contribution >= 0.6 is 24.8 Å². The van der Waals surface area contributed by atoms with Gasteiger partial charge in [-0.1, -0.05) is 43.7 Å². The van der Waals surface area contributed by atoms with Gasteiger partial charge in [-0.25, -0.2) is 0 Å². The van der Waals surface area contributed by atoms with Crippen LogP contribution in [0, 0.1) is 0 Å². The fourth-order valence-corrected chi connectivity index (χ4v) is 3.40. The summed E-state index contributed by atoms with van der Waals surface area (Å²) in [6.45, 7) is 6.57. The largest absolute Gasteiger partial charge is 0.507 e. The molecule has 1 aliphatic rings. The lowest BCUT2D eigenvalue weighted by Gasteiger charge is -2.35. The van der Waals surface area contributed by atoms with Crippen LogP contribution in [0.3, 0.4) is 0 Å². The molecule has 3 nitrogen and oxygen atoms in total. The lowest BCUT2D eigenvalue weighted by atomic mass is 9.94. The maximum atomic E-state index is 10.1. The van der Waals surface area contributed by atoms with Crippen LogP contribution in [0.25, 0.3) is 10.8 Å². The Bertz CT molecular complexity index is 615. The van der Waals surface area contributed by atoms with E-state index in [1.165, 1.54) is 17.4 Å². The van der Waals surface area contributed by atoms with Gasteiger partial charge in [-0.2, -0.15) is 0 Å². The number of fused-ring (bicyclic) bond motifs is 1. The summed E-state index contributed by atoms with van der Waals surface area (Å²) in [6.07, 6.45) is 2.33. The number of piperazine rings is 1. The number of benzene rings is 2. The number of hydrogen-bond acceptors (Lipinski definition) is 3. The van der Waals surface area contributed by atoms with Gasteiger partial charge in [0, 0.05) is 37.6 Å². The molecule has 1 heterocycles. The smallest absolute Gasteiger partial charge is 0.123 e. The van der Waals surface area contributed by atoms with E-state index in [4.69, 9.17) is 0 Å². The first kappa shape index (κ1) is 20.0. The summed E-state index contributed by atoms with van der Waals surface area (Å²) in [5, 5.41) is 15.7. The van der Waals surface area contributed by atoms with Crippen molar-refractivity contribution in [3.63, 3.8) is 0 Å². The van der Waals surface area contributed by atoms with Gasteiger partial charge in [-0.3, -0.25) is 4.90 Å². The highest BCUT2D eigenvalue weighted by atomic mass is 35.5. The van der Waals surface area contributed by atoms with E-state index in [1.54, 1.807) is 0 Å². The van der Waals surface area contributed by atoms with Gasteiger partial charge in [0.2, 0.25) is 0 Å². The summed E-state index contributed by atoms with van der Waals surface area (Å²) >= 11 is 0. The summed E-state index contributed by atoms with van der Waals surface area (Å²) in [5.74, 6) is 0.380. The monoisotopic (exact) mass is 356 g/mol. The minimum absolute atomic E-state index is 0. The highest BCUT2D eigenvalue weighted by Crippen LogP contribution is 2.35. The molecule has 0 aliphatic carbocycles. The molecule has 0 unspecified atom stereocenters. The standard InChI is InChI=1S/C18H24N2O.2ClH/c1-2-5-17(20-12-10-19-11-13-20)15-8-9-18(21)16-7-4-3-6-14(15)16;;/h3-4,6-9,17,19,21H,2,5,10-13H2,1H3;2*1H/t17-;;/m0../s1. The Labute approximate surface area is 150 Å². The normalized spacial score (nSPS) is 16.4. The van der Waals surface area contributed by atoms with Crippen molar-refractivity contribution in [1.29, 1.82) is 0 Å². The molecule has 0 radical (unpaired) electrons. The molecule has 2 aromatic carbocycles. The van der Waals surface area contributed by atoms with Crippen molar-refractivity contribution < 1.29 is 5.11 Å². The fraction of sp³-hybridized carbons (Fsp3) is 0.444. The van der Waals surface area contributed by atoms with E-state index in [0.717, 1.165) is 38.0 Å². The Balaban J connectivity index is 0.00000132. The number of phenols is 1. The molecular weight excluding hydrogens is 331 g/mol. The van der Waals surface area contributed by atoms with Crippen LogP contribution in [0.15, 0.2) is 36.4 Å². The molecule has 0 saturated carbocycles. The molecular formula is C18H26Cl2N2O.